The molecule has 0 unspecified atom stereocenters. The van der Waals surface area contributed by atoms with Gasteiger partial charge in [-0.15, -0.1) is 5.10 Å². The van der Waals surface area contributed by atoms with E-state index in [1.807, 2.05) is 12.1 Å². The summed E-state index contributed by atoms with van der Waals surface area (Å²) in [6.45, 7) is 7.41. The normalized spacial score (nSPS) is 34.5. The van der Waals surface area contributed by atoms with Crippen LogP contribution in [0.2, 0.25) is 0 Å². The lowest BCUT2D eigenvalue weighted by molar-refractivity contribution is -0.199. The Morgan fingerprint density at radius 2 is 2.12 bits per heavy atom. The third-order valence-corrected chi connectivity index (χ3v) is 7.07. The molecule has 4 fully saturated rings. The van der Waals surface area contributed by atoms with Crippen LogP contribution in [0.1, 0.15) is 39.2 Å². The van der Waals surface area contributed by atoms with Crippen LogP contribution in [0.5, 0.6) is 0 Å². The van der Waals surface area contributed by atoms with Crippen LogP contribution in [0.4, 0.5) is 0 Å². The highest BCUT2D eigenvalue weighted by Crippen LogP contribution is 2.65. The van der Waals surface area contributed by atoms with Crippen LogP contribution < -0.4 is 11.2 Å². The van der Waals surface area contributed by atoms with Crippen molar-refractivity contribution in [2.75, 3.05) is 0 Å². The lowest BCUT2D eigenvalue weighted by Gasteiger charge is -2.64. The molecule has 4 aliphatic rings. The summed E-state index contributed by atoms with van der Waals surface area (Å²) in [5, 5.41) is 11.4. The molecule has 3 saturated carbocycles. The van der Waals surface area contributed by atoms with Crippen LogP contribution in [0.25, 0.3) is 5.69 Å². The Hall–Kier alpha value is -1.77. The Labute approximate surface area is 153 Å². The molecule has 3 aliphatic carbocycles. The molecule has 1 aromatic heterocycles. The fraction of sp³-hybridized carbons (Fsp3) is 0.611. The molecule has 1 saturated heterocycles. The predicted octanol–water partition coefficient (Wildman–Crippen LogP) is 1.06. The highest BCUT2D eigenvalue weighted by molar-refractivity contribution is 6.62. The predicted molar refractivity (Wildman–Crippen MR) is 96.8 cm³/mol. The highest BCUT2D eigenvalue weighted by atomic mass is 16.7. The topological polar surface area (TPSA) is 88.1 Å². The second kappa shape index (κ2) is 5.37. The summed E-state index contributed by atoms with van der Waals surface area (Å²) in [6.07, 6.45) is 4.05. The van der Waals surface area contributed by atoms with E-state index >= 15 is 0 Å². The van der Waals surface area contributed by atoms with Crippen LogP contribution in [0.15, 0.2) is 24.5 Å². The summed E-state index contributed by atoms with van der Waals surface area (Å²) in [7, 11) is -0.373. The molecule has 2 heterocycles. The standard InChI is InChI=1S/C18H24BN5O2/c1-17(2)12-6-15(17)18(3)16(7-12)25-19(26-18)13-4-11(9-20)5-14(8-13)24-10-21-22-23-24/h4-5,8,10,12,15-16H,6-7,9,20H2,1-3H3/t12-,15-,16+,18-/m0/s1. The molecule has 0 amide bonds. The third-order valence-electron chi connectivity index (χ3n) is 7.07. The van der Waals surface area contributed by atoms with Gasteiger partial charge in [0.15, 0.2) is 0 Å². The van der Waals surface area contributed by atoms with E-state index < -0.39 is 0 Å². The van der Waals surface area contributed by atoms with Gasteiger partial charge in [-0.1, -0.05) is 19.9 Å². The first-order chi connectivity index (χ1) is 12.4. The molecule has 26 heavy (non-hydrogen) atoms. The summed E-state index contributed by atoms with van der Waals surface area (Å²) in [6, 6.07) is 6.08. The number of tetrazole rings is 1. The Bertz CT molecular complexity index is 842. The lowest BCUT2D eigenvalue weighted by atomic mass is 9.43. The zero-order chi connectivity index (χ0) is 18.1. The van der Waals surface area contributed by atoms with Crippen LogP contribution in [0.3, 0.4) is 0 Å². The maximum atomic E-state index is 6.57. The van der Waals surface area contributed by atoms with Crippen molar-refractivity contribution in [1.29, 1.82) is 0 Å². The first-order valence-corrected chi connectivity index (χ1v) is 9.32. The Morgan fingerprint density at radius 3 is 2.81 bits per heavy atom. The highest BCUT2D eigenvalue weighted by Gasteiger charge is 2.68. The van der Waals surface area contributed by atoms with Crippen molar-refractivity contribution < 1.29 is 9.31 Å². The molecule has 136 valence electrons. The molecule has 2 bridgehead atoms. The number of benzene rings is 1. The minimum Gasteiger partial charge on any atom is -0.402 e. The van der Waals surface area contributed by atoms with E-state index in [2.05, 4.69) is 42.4 Å². The zero-order valence-corrected chi connectivity index (χ0v) is 15.4. The SMILES string of the molecule is CC1(C)[C@@H]2C[C@H]3OB(c4cc(CN)cc(-n5cnnn5)c4)O[C@@]3(C)[C@H]1C2. The van der Waals surface area contributed by atoms with Gasteiger partial charge in [0.1, 0.15) is 6.33 Å². The fourth-order valence-corrected chi connectivity index (χ4v) is 5.37. The average Bonchev–Trinajstić information content (AvgIpc) is 3.27. The number of hydrogen-bond donors (Lipinski definition) is 1. The summed E-state index contributed by atoms with van der Waals surface area (Å²) in [4.78, 5) is 0. The molecule has 2 aromatic rings. The second-order valence-corrected chi connectivity index (χ2v) is 8.69. The van der Waals surface area contributed by atoms with Gasteiger partial charge in [0.25, 0.3) is 0 Å². The molecule has 7 nitrogen and oxygen atoms in total. The van der Waals surface area contributed by atoms with E-state index in [0.29, 0.717) is 17.9 Å². The van der Waals surface area contributed by atoms with Crippen molar-refractivity contribution in [3.63, 3.8) is 0 Å². The Kier molecular flexibility index (Phi) is 3.39. The van der Waals surface area contributed by atoms with Crippen LogP contribution in [0, 0.1) is 17.3 Å². The molecular weight excluding hydrogens is 329 g/mol. The summed E-state index contributed by atoms with van der Waals surface area (Å²) >= 11 is 0. The van der Waals surface area contributed by atoms with Crippen molar-refractivity contribution in [3.8, 4) is 5.69 Å². The van der Waals surface area contributed by atoms with Crippen molar-refractivity contribution in [2.45, 2.75) is 51.9 Å². The fourth-order valence-electron chi connectivity index (χ4n) is 5.37. The largest absolute Gasteiger partial charge is 0.494 e. The van der Waals surface area contributed by atoms with E-state index in [9.17, 15) is 0 Å². The van der Waals surface area contributed by atoms with Crippen molar-refractivity contribution >= 4 is 12.6 Å². The maximum absolute atomic E-state index is 6.57. The second-order valence-electron chi connectivity index (χ2n) is 8.69. The lowest BCUT2D eigenvalue weighted by Crippen LogP contribution is -2.65. The Morgan fingerprint density at radius 1 is 1.27 bits per heavy atom. The molecule has 4 atom stereocenters. The molecule has 2 N–H and O–H groups in total. The maximum Gasteiger partial charge on any atom is 0.494 e. The molecule has 0 radical (unpaired) electrons. The first-order valence-electron chi connectivity index (χ1n) is 9.32. The van der Waals surface area contributed by atoms with Gasteiger partial charge < -0.3 is 15.0 Å². The van der Waals surface area contributed by atoms with Gasteiger partial charge in [0, 0.05) is 6.54 Å². The molecule has 0 spiro atoms. The van der Waals surface area contributed by atoms with E-state index in [1.165, 1.54) is 6.42 Å². The van der Waals surface area contributed by atoms with E-state index in [1.54, 1.807) is 11.0 Å². The number of nitrogens with two attached hydrogens (primary N) is 1. The molecule has 8 heteroatoms. The Balaban J connectivity index is 1.49. The summed E-state index contributed by atoms with van der Waals surface area (Å²) in [5.41, 5.74) is 8.86. The van der Waals surface area contributed by atoms with Crippen molar-refractivity contribution in [2.24, 2.45) is 23.0 Å². The van der Waals surface area contributed by atoms with Crippen LogP contribution in [-0.2, 0) is 15.9 Å². The number of nitrogens with zero attached hydrogens (tertiary/aromatic N) is 4. The van der Waals surface area contributed by atoms with Crippen molar-refractivity contribution in [1.82, 2.24) is 20.2 Å². The molecular formula is C18H24BN5O2. The van der Waals surface area contributed by atoms with Crippen molar-refractivity contribution in [3.05, 3.63) is 30.1 Å². The first kappa shape index (κ1) is 16.4. The molecule has 1 aromatic carbocycles. The quantitative estimate of drug-likeness (QED) is 0.830. The van der Waals surface area contributed by atoms with Gasteiger partial charge in [-0.25, -0.2) is 4.68 Å². The van der Waals surface area contributed by atoms with Gasteiger partial charge in [0.05, 0.1) is 17.4 Å². The number of hydrogen-bond acceptors (Lipinski definition) is 6. The molecule has 1 aliphatic heterocycles. The minimum atomic E-state index is -0.373. The number of aromatic nitrogens is 4. The van der Waals surface area contributed by atoms with Gasteiger partial charge in [0.2, 0.25) is 0 Å². The van der Waals surface area contributed by atoms with E-state index in [-0.39, 0.29) is 18.8 Å². The third kappa shape index (κ3) is 2.15. The van der Waals surface area contributed by atoms with Crippen LogP contribution >= 0.6 is 0 Å². The van der Waals surface area contributed by atoms with Gasteiger partial charge >= 0.3 is 7.12 Å². The number of rotatable bonds is 3. The van der Waals surface area contributed by atoms with Gasteiger partial charge in [-0.3, -0.25) is 0 Å². The minimum absolute atomic E-state index is 0.155. The summed E-state index contributed by atoms with van der Waals surface area (Å²) < 4.78 is 14.6. The van der Waals surface area contributed by atoms with Gasteiger partial charge in [-0.2, -0.15) is 0 Å². The molecule has 6 rings (SSSR count). The van der Waals surface area contributed by atoms with Gasteiger partial charge in [-0.05, 0) is 70.6 Å². The van der Waals surface area contributed by atoms with E-state index in [0.717, 1.165) is 29.1 Å². The average molecular weight is 353 g/mol. The van der Waals surface area contributed by atoms with E-state index in [4.69, 9.17) is 15.0 Å². The smallest absolute Gasteiger partial charge is 0.402 e. The van der Waals surface area contributed by atoms with Crippen LogP contribution in [-0.4, -0.2) is 39.0 Å². The monoisotopic (exact) mass is 353 g/mol. The summed E-state index contributed by atoms with van der Waals surface area (Å²) in [5.74, 6) is 1.28. The zero-order valence-electron chi connectivity index (χ0n) is 15.4.